The normalized spacial score (nSPS) is 10.6. The number of aryl methyl sites for hydroxylation is 1. The number of rotatable bonds is 6. The summed E-state index contributed by atoms with van der Waals surface area (Å²) in [7, 11) is 3.11. The number of primary amides is 1. The first-order chi connectivity index (χ1) is 11.5. The zero-order chi connectivity index (χ0) is 17.7. The van der Waals surface area contributed by atoms with Crippen LogP contribution in [0.4, 0.5) is 5.00 Å². The molecule has 0 saturated carbocycles. The Morgan fingerprint density at radius 1 is 1.25 bits per heavy atom. The van der Waals surface area contributed by atoms with Crippen LogP contribution in [0.5, 0.6) is 11.5 Å². The number of hydrogen-bond acceptors (Lipinski definition) is 5. The average molecular weight is 346 g/mol. The molecule has 0 unspecified atom stereocenters. The highest BCUT2D eigenvalue weighted by molar-refractivity contribution is 7.15. The summed E-state index contributed by atoms with van der Waals surface area (Å²) in [4.78, 5) is 23.5. The molecule has 0 aliphatic rings. The number of anilines is 1. The van der Waals surface area contributed by atoms with Gasteiger partial charge < -0.3 is 20.5 Å². The van der Waals surface area contributed by atoms with Crippen molar-refractivity contribution in [3.05, 3.63) is 46.3 Å². The average Bonchev–Trinajstić information content (AvgIpc) is 2.93. The monoisotopic (exact) mass is 346 g/mol. The van der Waals surface area contributed by atoms with E-state index in [2.05, 4.69) is 5.32 Å². The molecule has 1 heterocycles. The third-order valence-electron chi connectivity index (χ3n) is 3.31. The van der Waals surface area contributed by atoms with Crippen molar-refractivity contribution in [2.75, 3.05) is 19.5 Å². The second-order valence-electron chi connectivity index (χ2n) is 4.92. The SMILES string of the molecule is COc1ccc(/C=C/C(=O)Nc2scc(C)c2C(N)=O)c(OC)c1. The molecule has 126 valence electrons. The number of ether oxygens (including phenoxy) is 2. The Labute approximate surface area is 143 Å². The molecule has 2 aromatic rings. The third kappa shape index (κ3) is 3.94. The number of nitrogens with two attached hydrogens (primary N) is 1. The number of amides is 2. The summed E-state index contributed by atoms with van der Waals surface area (Å²) in [5, 5.41) is 4.88. The molecule has 6 nitrogen and oxygen atoms in total. The zero-order valence-electron chi connectivity index (χ0n) is 13.6. The molecule has 7 heteroatoms. The van der Waals surface area contributed by atoms with E-state index in [0.29, 0.717) is 22.1 Å². The van der Waals surface area contributed by atoms with Crippen molar-refractivity contribution in [3.63, 3.8) is 0 Å². The minimum atomic E-state index is -0.565. The van der Waals surface area contributed by atoms with Crippen LogP contribution in [0.15, 0.2) is 29.7 Å². The van der Waals surface area contributed by atoms with Crippen LogP contribution in [0.1, 0.15) is 21.5 Å². The van der Waals surface area contributed by atoms with Crippen LogP contribution < -0.4 is 20.5 Å². The predicted molar refractivity (Wildman–Crippen MR) is 94.8 cm³/mol. The van der Waals surface area contributed by atoms with Crippen LogP contribution in [0.2, 0.25) is 0 Å². The topological polar surface area (TPSA) is 90.6 Å². The van der Waals surface area contributed by atoms with Crippen molar-refractivity contribution in [2.24, 2.45) is 5.73 Å². The van der Waals surface area contributed by atoms with Gasteiger partial charge in [0.2, 0.25) is 5.91 Å². The van der Waals surface area contributed by atoms with Crippen LogP contribution in [-0.4, -0.2) is 26.0 Å². The Balaban J connectivity index is 2.16. The summed E-state index contributed by atoms with van der Waals surface area (Å²) in [5.41, 5.74) is 7.14. The highest BCUT2D eigenvalue weighted by Gasteiger charge is 2.15. The van der Waals surface area contributed by atoms with E-state index in [4.69, 9.17) is 15.2 Å². The van der Waals surface area contributed by atoms with Crippen molar-refractivity contribution in [1.29, 1.82) is 0 Å². The maximum absolute atomic E-state index is 12.1. The minimum absolute atomic E-state index is 0.337. The molecule has 2 amide bonds. The van der Waals surface area contributed by atoms with Gasteiger partial charge in [-0.3, -0.25) is 9.59 Å². The van der Waals surface area contributed by atoms with Gasteiger partial charge in [-0.05, 0) is 36.1 Å². The maximum Gasteiger partial charge on any atom is 0.251 e. The Kier molecular flexibility index (Phi) is 5.59. The quantitative estimate of drug-likeness (QED) is 0.787. The lowest BCUT2D eigenvalue weighted by atomic mass is 10.1. The van der Waals surface area contributed by atoms with Crippen LogP contribution >= 0.6 is 11.3 Å². The molecule has 1 aromatic heterocycles. The molecule has 1 aromatic carbocycles. The fraction of sp³-hybridized carbons (Fsp3) is 0.176. The predicted octanol–water partition coefficient (Wildman–Crippen LogP) is 2.82. The number of carbonyl (C=O) groups is 2. The molecule has 0 aliphatic carbocycles. The highest BCUT2D eigenvalue weighted by atomic mass is 32.1. The summed E-state index contributed by atoms with van der Waals surface area (Å²) >= 11 is 1.26. The number of methoxy groups -OCH3 is 2. The van der Waals surface area contributed by atoms with Gasteiger partial charge in [0.15, 0.2) is 0 Å². The van der Waals surface area contributed by atoms with E-state index in [1.54, 1.807) is 50.8 Å². The lowest BCUT2D eigenvalue weighted by Crippen LogP contribution is -2.16. The van der Waals surface area contributed by atoms with Crippen LogP contribution in [0, 0.1) is 6.92 Å². The Bertz CT molecular complexity index is 796. The molecule has 0 aliphatic heterocycles. The zero-order valence-corrected chi connectivity index (χ0v) is 14.4. The second-order valence-corrected chi connectivity index (χ2v) is 5.80. The number of hydrogen-bond donors (Lipinski definition) is 2. The van der Waals surface area contributed by atoms with Gasteiger partial charge >= 0.3 is 0 Å². The molecule has 0 fully saturated rings. The third-order valence-corrected chi connectivity index (χ3v) is 4.33. The fourth-order valence-corrected chi connectivity index (χ4v) is 3.07. The molecular formula is C17H18N2O4S. The largest absolute Gasteiger partial charge is 0.497 e. The molecule has 0 bridgehead atoms. The molecule has 0 atom stereocenters. The minimum Gasteiger partial charge on any atom is -0.497 e. The molecule has 2 rings (SSSR count). The smallest absolute Gasteiger partial charge is 0.251 e. The molecular weight excluding hydrogens is 328 g/mol. The van der Waals surface area contributed by atoms with Crippen molar-refractivity contribution < 1.29 is 19.1 Å². The molecule has 0 spiro atoms. The fourth-order valence-electron chi connectivity index (χ4n) is 2.12. The van der Waals surface area contributed by atoms with Crippen molar-refractivity contribution in [3.8, 4) is 11.5 Å². The molecule has 0 radical (unpaired) electrons. The summed E-state index contributed by atoms with van der Waals surface area (Å²) in [6.07, 6.45) is 2.99. The standard InChI is InChI=1S/C17H18N2O4S/c1-10-9-24-17(15(10)16(18)21)19-14(20)7-5-11-4-6-12(22-2)8-13(11)23-3/h4-9H,1-3H3,(H2,18,21)(H,19,20)/b7-5+. The maximum atomic E-state index is 12.1. The molecule has 3 N–H and O–H groups in total. The lowest BCUT2D eigenvalue weighted by Gasteiger charge is -2.07. The van der Waals surface area contributed by atoms with Crippen molar-refractivity contribution >= 4 is 34.2 Å². The van der Waals surface area contributed by atoms with E-state index in [1.165, 1.54) is 17.4 Å². The Morgan fingerprint density at radius 2 is 2.00 bits per heavy atom. The first kappa shape index (κ1) is 17.6. The summed E-state index contributed by atoms with van der Waals surface area (Å²) in [6, 6.07) is 5.28. The number of nitrogens with one attached hydrogen (secondary N) is 1. The Hall–Kier alpha value is -2.80. The van der Waals surface area contributed by atoms with Gasteiger partial charge in [-0.1, -0.05) is 0 Å². The van der Waals surface area contributed by atoms with Crippen LogP contribution in [0.3, 0.4) is 0 Å². The summed E-state index contributed by atoms with van der Waals surface area (Å²) < 4.78 is 10.4. The van der Waals surface area contributed by atoms with E-state index in [-0.39, 0.29) is 5.91 Å². The van der Waals surface area contributed by atoms with E-state index >= 15 is 0 Å². The van der Waals surface area contributed by atoms with Gasteiger partial charge in [0.1, 0.15) is 16.5 Å². The second kappa shape index (κ2) is 7.65. The first-order valence-corrected chi connectivity index (χ1v) is 7.93. The van der Waals surface area contributed by atoms with E-state index < -0.39 is 5.91 Å². The summed E-state index contributed by atoms with van der Waals surface area (Å²) in [5.74, 6) is 0.318. The lowest BCUT2D eigenvalue weighted by molar-refractivity contribution is -0.111. The van der Waals surface area contributed by atoms with Gasteiger partial charge in [0, 0.05) is 17.7 Å². The van der Waals surface area contributed by atoms with E-state index in [1.807, 2.05) is 0 Å². The number of carbonyl (C=O) groups excluding carboxylic acids is 2. The van der Waals surface area contributed by atoms with Gasteiger partial charge in [-0.2, -0.15) is 0 Å². The Morgan fingerprint density at radius 3 is 2.62 bits per heavy atom. The van der Waals surface area contributed by atoms with Crippen LogP contribution in [0.25, 0.3) is 6.08 Å². The van der Waals surface area contributed by atoms with Gasteiger partial charge in [-0.25, -0.2) is 0 Å². The van der Waals surface area contributed by atoms with E-state index in [0.717, 1.165) is 11.1 Å². The summed E-state index contributed by atoms with van der Waals surface area (Å²) in [6.45, 7) is 1.77. The van der Waals surface area contributed by atoms with Gasteiger partial charge in [-0.15, -0.1) is 11.3 Å². The highest BCUT2D eigenvalue weighted by Crippen LogP contribution is 2.28. The van der Waals surface area contributed by atoms with Gasteiger partial charge in [0.25, 0.3) is 5.91 Å². The van der Waals surface area contributed by atoms with E-state index in [9.17, 15) is 9.59 Å². The van der Waals surface area contributed by atoms with Crippen LogP contribution in [-0.2, 0) is 4.79 Å². The number of benzene rings is 1. The number of thiophene rings is 1. The first-order valence-electron chi connectivity index (χ1n) is 7.05. The molecule has 0 saturated heterocycles. The van der Waals surface area contributed by atoms with Crippen molar-refractivity contribution in [1.82, 2.24) is 0 Å². The van der Waals surface area contributed by atoms with Gasteiger partial charge in [0.05, 0.1) is 19.8 Å². The van der Waals surface area contributed by atoms with Crippen molar-refractivity contribution in [2.45, 2.75) is 6.92 Å². The molecule has 24 heavy (non-hydrogen) atoms.